The topological polar surface area (TPSA) is 168 Å². The number of sulfone groups is 1. The van der Waals surface area contributed by atoms with E-state index in [1.807, 2.05) is 0 Å². The highest BCUT2D eigenvalue weighted by molar-refractivity contribution is 7.94. The van der Waals surface area contributed by atoms with Gasteiger partial charge in [-0.25, -0.2) is 18.6 Å². The molecule has 1 aromatic heterocycles. The van der Waals surface area contributed by atoms with Crippen LogP contribution in [-0.2, 0) is 26.0 Å². The Morgan fingerprint density at radius 2 is 1.79 bits per heavy atom. The number of nitrogens with one attached hydrogen (secondary N) is 1. The van der Waals surface area contributed by atoms with E-state index in [0.717, 1.165) is 16.3 Å². The zero-order chi connectivity index (χ0) is 25.5. The second-order valence-corrected chi connectivity index (χ2v) is 11.8. The summed E-state index contributed by atoms with van der Waals surface area (Å²) in [7, 11) is -4.06. The second-order valence-electron chi connectivity index (χ2n) is 7.00. The van der Waals surface area contributed by atoms with Gasteiger partial charge in [0.25, 0.3) is 5.91 Å². The first-order chi connectivity index (χ1) is 15.9. The van der Waals surface area contributed by atoms with Crippen molar-refractivity contribution in [2.24, 2.45) is 16.5 Å². The van der Waals surface area contributed by atoms with E-state index in [1.54, 1.807) is 12.1 Å². The fourth-order valence-corrected chi connectivity index (χ4v) is 6.21. The number of carboxylic acid groups (broad SMARTS) is 1. The summed E-state index contributed by atoms with van der Waals surface area (Å²) >= 11 is 18.6. The summed E-state index contributed by atoms with van der Waals surface area (Å²) in [5, 5.41) is 11.2. The van der Waals surface area contributed by atoms with Gasteiger partial charge in [-0.3, -0.25) is 14.8 Å². The maximum absolute atomic E-state index is 13.1. The SMILES string of the molecule is NC(N)=NCCC[C@@H](C(=O)O)N(NCc1cc(Cl)cc(Cl)c1)C(=O)CS(=O)(=O)c1ccc(Cl)s1. The lowest BCUT2D eigenvalue weighted by Gasteiger charge is -2.29. The van der Waals surface area contributed by atoms with Gasteiger partial charge < -0.3 is 16.6 Å². The average molecular weight is 571 g/mol. The molecule has 0 unspecified atom stereocenters. The number of benzene rings is 1. The van der Waals surface area contributed by atoms with Gasteiger partial charge >= 0.3 is 5.97 Å². The summed E-state index contributed by atoms with van der Waals surface area (Å²) in [6.07, 6.45) is 0.169. The van der Waals surface area contributed by atoms with E-state index < -0.39 is 33.5 Å². The molecular formula is C19H22Cl3N5O5S2. The van der Waals surface area contributed by atoms with Gasteiger partial charge in [0.2, 0.25) is 0 Å². The van der Waals surface area contributed by atoms with E-state index in [9.17, 15) is 23.1 Å². The number of halogens is 3. The first kappa shape index (κ1) is 28.1. The van der Waals surface area contributed by atoms with Gasteiger partial charge in [0, 0.05) is 23.1 Å². The molecule has 1 amide bonds. The van der Waals surface area contributed by atoms with Crippen molar-refractivity contribution < 1.29 is 23.1 Å². The lowest BCUT2D eigenvalue weighted by Crippen LogP contribution is -2.54. The number of aliphatic carboxylic acids is 1. The molecule has 34 heavy (non-hydrogen) atoms. The van der Waals surface area contributed by atoms with E-state index in [2.05, 4.69) is 10.4 Å². The van der Waals surface area contributed by atoms with E-state index in [1.165, 1.54) is 18.2 Å². The molecule has 0 saturated carbocycles. The molecule has 0 bridgehead atoms. The molecule has 0 aliphatic rings. The molecule has 2 rings (SSSR count). The Kier molecular flexibility index (Phi) is 10.4. The Hall–Kier alpha value is -2.09. The lowest BCUT2D eigenvalue weighted by atomic mass is 10.1. The molecule has 1 aromatic carbocycles. The maximum atomic E-state index is 13.1. The number of hydrazine groups is 1. The number of aliphatic imine (C=N–C) groups is 1. The van der Waals surface area contributed by atoms with Crippen molar-refractivity contribution in [2.45, 2.75) is 29.6 Å². The monoisotopic (exact) mass is 569 g/mol. The van der Waals surface area contributed by atoms with Crippen molar-refractivity contribution in [3.05, 3.63) is 50.3 Å². The third kappa shape index (κ3) is 8.60. The number of amides is 1. The van der Waals surface area contributed by atoms with Gasteiger partial charge in [-0.05, 0) is 48.7 Å². The minimum absolute atomic E-state index is 0.0470. The summed E-state index contributed by atoms with van der Waals surface area (Å²) in [6, 6.07) is 5.93. The third-order valence-electron chi connectivity index (χ3n) is 4.34. The fourth-order valence-electron chi connectivity index (χ4n) is 2.89. The number of rotatable bonds is 12. The molecule has 186 valence electrons. The number of hydrogen-bond acceptors (Lipinski definition) is 7. The second kappa shape index (κ2) is 12.6. The molecule has 0 radical (unpaired) electrons. The van der Waals surface area contributed by atoms with Crippen molar-refractivity contribution in [2.75, 3.05) is 12.3 Å². The van der Waals surface area contributed by atoms with Crippen LogP contribution in [0.25, 0.3) is 0 Å². The highest BCUT2D eigenvalue weighted by Crippen LogP contribution is 2.27. The van der Waals surface area contributed by atoms with Gasteiger partial charge in [-0.2, -0.15) is 0 Å². The predicted molar refractivity (Wildman–Crippen MR) is 133 cm³/mol. The number of carbonyl (C=O) groups excluding carboxylic acids is 1. The Labute approximate surface area is 215 Å². The molecule has 1 atom stereocenters. The zero-order valence-corrected chi connectivity index (χ0v) is 21.5. The lowest BCUT2D eigenvalue weighted by molar-refractivity contribution is -0.152. The molecule has 0 aliphatic heterocycles. The van der Waals surface area contributed by atoms with Crippen LogP contribution in [0.1, 0.15) is 18.4 Å². The molecular weight excluding hydrogens is 549 g/mol. The number of nitrogens with two attached hydrogens (primary N) is 2. The van der Waals surface area contributed by atoms with Gasteiger partial charge in [0.1, 0.15) is 16.0 Å². The van der Waals surface area contributed by atoms with Gasteiger partial charge in [0.15, 0.2) is 15.8 Å². The number of nitrogens with zero attached hydrogens (tertiary/aromatic N) is 2. The molecule has 2 aromatic rings. The van der Waals surface area contributed by atoms with Crippen molar-refractivity contribution in [1.29, 1.82) is 0 Å². The largest absolute Gasteiger partial charge is 0.480 e. The molecule has 15 heteroatoms. The van der Waals surface area contributed by atoms with Crippen LogP contribution in [-0.4, -0.2) is 54.7 Å². The van der Waals surface area contributed by atoms with Crippen molar-refractivity contribution >= 4 is 73.8 Å². The number of thiophene rings is 1. The Bertz CT molecular complexity index is 1150. The van der Waals surface area contributed by atoms with E-state index >= 15 is 0 Å². The van der Waals surface area contributed by atoms with Crippen molar-refractivity contribution in [3.63, 3.8) is 0 Å². The summed E-state index contributed by atoms with van der Waals surface area (Å²) in [6.45, 7) is 0.0820. The van der Waals surface area contributed by atoms with Crippen LogP contribution in [0, 0.1) is 0 Å². The van der Waals surface area contributed by atoms with E-state index in [4.69, 9.17) is 46.3 Å². The van der Waals surface area contributed by atoms with Crippen LogP contribution in [0.5, 0.6) is 0 Å². The number of carbonyl (C=O) groups is 2. The molecule has 0 spiro atoms. The third-order valence-corrected chi connectivity index (χ3v) is 8.19. The molecule has 0 fully saturated rings. The smallest absolute Gasteiger partial charge is 0.328 e. The van der Waals surface area contributed by atoms with Crippen LogP contribution >= 0.6 is 46.1 Å². The van der Waals surface area contributed by atoms with Gasteiger partial charge in [0.05, 0.1) is 4.34 Å². The van der Waals surface area contributed by atoms with Crippen LogP contribution in [0.2, 0.25) is 14.4 Å². The molecule has 10 nitrogen and oxygen atoms in total. The van der Waals surface area contributed by atoms with Gasteiger partial charge in [-0.15, -0.1) is 11.3 Å². The summed E-state index contributed by atoms with van der Waals surface area (Å²) in [5.74, 6) is -3.43. The minimum atomic E-state index is -4.06. The highest BCUT2D eigenvalue weighted by Gasteiger charge is 2.33. The molecule has 0 saturated heterocycles. The quantitative estimate of drug-likeness (QED) is 0.131. The number of guanidine groups is 1. The summed E-state index contributed by atoms with van der Waals surface area (Å²) in [5.41, 5.74) is 13.8. The van der Waals surface area contributed by atoms with Crippen LogP contribution < -0.4 is 16.9 Å². The molecule has 0 aliphatic carbocycles. The Morgan fingerprint density at radius 3 is 2.32 bits per heavy atom. The van der Waals surface area contributed by atoms with Crippen LogP contribution in [0.3, 0.4) is 0 Å². The minimum Gasteiger partial charge on any atom is -0.480 e. The number of carboxylic acids is 1. The van der Waals surface area contributed by atoms with Gasteiger partial charge in [-0.1, -0.05) is 34.8 Å². The van der Waals surface area contributed by atoms with E-state index in [0.29, 0.717) is 15.6 Å². The Morgan fingerprint density at radius 1 is 1.15 bits per heavy atom. The van der Waals surface area contributed by atoms with Crippen LogP contribution in [0.4, 0.5) is 0 Å². The normalized spacial score (nSPS) is 12.2. The van der Waals surface area contributed by atoms with Crippen molar-refractivity contribution in [3.8, 4) is 0 Å². The van der Waals surface area contributed by atoms with Crippen LogP contribution in [0.15, 0.2) is 39.5 Å². The average Bonchev–Trinajstić information content (AvgIpc) is 3.15. The first-order valence-electron chi connectivity index (χ1n) is 9.66. The van der Waals surface area contributed by atoms with Crippen molar-refractivity contribution in [1.82, 2.24) is 10.4 Å². The molecule has 6 N–H and O–H groups in total. The van der Waals surface area contributed by atoms with E-state index in [-0.39, 0.29) is 40.4 Å². The zero-order valence-electron chi connectivity index (χ0n) is 17.6. The highest BCUT2D eigenvalue weighted by atomic mass is 35.5. The first-order valence-corrected chi connectivity index (χ1v) is 13.3. The summed E-state index contributed by atoms with van der Waals surface area (Å²) in [4.78, 5) is 28.9. The standard InChI is InChI=1S/C19H22Cl3N5O5S2/c20-12-6-11(7-13(21)8-12)9-26-27(14(18(29)30)2-1-5-25-19(23)24)16(28)10-34(31,32)17-4-3-15(22)33-17/h3-4,6-8,14,26H,1-2,5,9-10H2,(H,29,30)(H4,23,24,25)/t14-/m0/s1. The predicted octanol–water partition coefficient (Wildman–Crippen LogP) is 2.52. The fraction of sp³-hybridized carbons (Fsp3) is 0.316. The summed E-state index contributed by atoms with van der Waals surface area (Å²) < 4.78 is 25.5. The maximum Gasteiger partial charge on any atom is 0.328 e. The Balaban J connectivity index is 2.28. The number of hydrogen-bond donors (Lipinski definition) is 4. The molecule has 1 heterocycles.